The highest BCUT2D eigenvalue weighted by Crippen LogP contribution is 2.42. The molecule has 1 unspecified atom stereocenters. The van der Waals surface area contributed by atoms with Crippen LogP contribution in [-0.2, 0) is 6.42 Å². The predicted octanol–water partition coefficient (Wildman–Crippen LogP) is 4.08. The lowest BCUT2D eigenvalue weighted by Gasteiger charge is -2.37. The summed E-state index contributed by atoms with van der Waals surface area (Å²) in [5.74, 6) is 0.984. The summed E-state index contributed by atoms with van der Waals surface area (Å²) in [6.45, 7) is 7.93. The molecule has 106 valence electrons. The van der Waals surface area contributed by atoms with Crippen LogP contribution in [0.2, 0.25) is 0 Å². The van der Waals surface area contributed by atoms with Gasteiger partial charge in [-0.2, -0.15) is 0 Å². The maximum Gasteiger partial charge on any atom is 0.127 e. The van der Waals surface area contributed by atoms with Gasteiger partial charge in [0.1, 0.15) is 5.75 Å². The van der Waals surface area contributed by atoms with E-state index in [1.165, 1.54) is 21.9 Å². The summed E-state index contributed by atoms with van der Waals surface area (Å²) in [6, 6.07) is 11.2. The lowest BCUT2D eigenvalue weighted by Crippen LogP contribution is -2.38. The highest BCUT2D eigenvalue weighted by Gasteiger charge is 2.31. The first-order chi connectivity index (χ1) is 9.52. The molecule has 20 heavy (non-hydrogen) atoms. The number of hydrogen-bond donors (Lipinski definition) is 1. The zero-order chi connectivity index (χ0) is 14.3. The van der Waals surface area contributed by atoms with E-state index < -0.39 is 0 Å². The molecule has 0 saturated heterocycles. The predicted molar refractivity (Wildman–Crippen MR) is 84.4 cm³/mol. The molecule has 1 aliphatic heterocycles. The van der Waals surface area contributed by atoms with Crippen LogP contribution < -0.4 is 10.1 Å². The molecule has 1 heterocycles. The lowest BCUT2D eigenvalue weighted by molar-refractivity contribution is 0.263. The number of hydrogen-bond acceptors (Lipinski definition) is 2. The van der Waals surface area contributed by atoms with Gasteiger partial charge in [-0.15, -0.1) is 0 Å². The van der Waals surface area contributed by atoms with Crippen molar-refractivity contribution in [3.63, 3.8) is 0 Å². The Morgan fingerprint density at radius 2 is 1.85 bits per heavy atom. The minimum Gasteiger partial charge on any atom is -0.496 e. The number of ether oxygens (including phenoxy) is 1. The summed E-state index contributed by atoms with van der Waals surface area (Å²) in [7, 11) is 1.76. The molecule has 0 radical (unpaired) electrons. The van der Waals surface area contributed by atoms with Gasteiger partial charge in [0.2, 0.25) is 0 Å². The number of rotatable bonds is 1. The second-order valence-corrected chi connectivity index (χ2v) is 6.70. The van der Waals surface area contributed by atoms with E-state index in [0.717, 1.165) is 18.7 Å². The zero-order valence-electron chi connectivity index (χ0n) is 12.8. The molecular formula is C18H23NO. The molecule has 2 aromatic carbocycles. The molecule has 1 N–H and O–H groups in total. The molecule has 1 aliphatic rings. The Labute approximate surface area is 121 Å². The normalized spacial score (nSPS) is 18.9. The molecule has 0 aromatic heterocycles. The first-order valence-electron chi connectivity index (χ1n) is 7.34. The van der Waals surface area contributed by atoms with Crippen molar-refractivity contribution in [1.29, 1.82) is 0 Å². The van der Waals surface area contributed by atoms with Crippen LogP contribution in [0.15, 0.2) is 30.3 Å². The molecule has 2 aromatic rings. The minimum atomic E-state index is 0.197. The van der Waals surface area contributed by atoms with Gasteiger partial charge in [-0.3, -0.25) is 0 Å². The van der Waals surface area contributed by atoms with Gasteiger partial charge in [0.05, 0.1) is 7.11 Å². The molecule has 0 bridgehead atoms. The van der Waals surface area contributed by atoms with Crippen LogP contribution in [0.1, 0.15) is 37.9 Å². The highest BCUT2D eigenvalue weighted by molar-refractivity contribution is 5.92. The maximum atomic E-state index is 5.63. The Kier molecular flexibility index (Phi) is 3.21. The van der Waals surface area contributed by atoms with Crippen molar-refractivity contribution in [2.45, 2.75) is 33.2 Å². The number of methoxy groups -OCH3 is 1. The molecule has 0 amide bonds. The molecule has 2 heteroatoms. The minimum absolute atomic E-state index is 0.197. The Balaban J connectivity index is 2.30. The van der Waals surface area contributed by atoms with Gasteiger partial charge in [-0.05, 0) is 41.0 Å². The Hall–Kier alpha value is -1.54. The first kappa shape index (κ1) is 13.4. The summed E-state index contributed by atoms with van der Waals surface area (Å²) in [6.07, 6.45) is 1.09. The third-order valence-corrected chi connectivity index (χ3v) is 4.27. The SMILES string of the molecule is COc1cc2c(c3ccccc13)CCNC2C(C)(C)C. The van der Waals surface area contributed by atoms with Gasteiger partial charge in [-0.1, -0.05) is 45.0 Å². The fraction of sp³-hybridized carbons (Fsp3) is 0.444. The van der Waals surface area contributed by atoms with Crippen LogP contribution in [0, 0.1) is 5.41 Å². The van der Waals surface area contributed by atoms with Crippen molar-refractivity contribution >= 4 is 10.8 Å². The summed E-state index contributed by atoms with van der Waals surface area (Å²) in [4.78, 5) is 0. The third-order valence-electron chi connectivity index (χ3n) is 4.27. The van der Waals surface area contributed by atoms with Crippen molar-refractivity contribution in [3.05, 3.63) is 41.5 Å². The van der Waals surface area contributed by atoms with Crippen LogP contribution in [0.3, 0.4) is 0 Å². The molecule has 3 rings (SSSR count). The van der Waals surface area contributed by atoms with Crippen LogP contribution in [0.5, 0.6) is 5.75 Å². The largest absolute Gasteiger partial charge is 0.496 e. The number of benzene rings is 2. The van der Waals surface area contributed by atoms with E-state index in [4.69, 9.17) is 4.74 Å². The topological polar surface area (TPSA) is 21.3 Å². The molecule has 0 fully saturated rings. The average Bonchev–Trinajstić information content (AvgIpc) is 2.44. The quantitative estimate of drug-likeness (QED) is 0.842. The maximum absolute atomic E-state index is 5.63. The van der Waals surface area contributed by atoms with Gasteiger partial charge in [-0.25, -0.2) is 0 Å². The van der Waals surface area contributed by atoms with Crippen LogP contribution in [0.25, 0.3) is 10.8 Å². The second kappa shape index (κ2) is 4.78. The molecule has 2 nitrogen and oxygen atoms in total. The average molecular weight is 269 g/mol. The first-order valence-corrected chi connectivity index (χ1v) is 7.34. The number of fused-ring (bicyclic) bond motifs is 3. The summed E-state index contributed by atoms with van der Waals surface area (Å²) >= 11 is 0. The number of nitrogens with one attached hydrogen (secondary N) is 1. The van der Waals surface area contributed by atoms with E-state index in [1.54, 1.807) is 7.11 Å². The molecule has 0 saturated carbocycles. The van der Waals surface area contributed by atoms with Crippen molar-refractivity contribution < 1.29 is 4.74 Å². The Bertz CT molecular complexity index is 640. The van der Waals surface area contributed by atoms with Crippen LogP contribution >= 0.6 is 0 Å². The molecule has 0 aliphatic carbocycles. The van der Waals surface area contributed by atoms with Crippen molar-refractivity contribution in [1.82, 2.24) is 5.32 Å². The van der Waals surface area contributed by atoms with E-state index in [1.807, 2.05) is 0 Å². The smallest absolute Gasteiger partial charge is 0.127 e. The second-order valence-electron chi connectivity index (χ2n) is 6.70. The Morgan fingerprint density at radius 3 is 2.50 bits per heavy atom. The highest BCUT2D eigenvalue weighted by atomic mass is 16.5. The summed E-state index contributed by atoms with van der Waals surface area (Å²) in [5.41, 5.74) is 3.09. The molecule has 1 atom stereocenters. The van der Waals surface area contributed by atoms with Crippen LogP contribution in [-0.4, -0.2) is 13.7 Å². The molecule has 0 spiro atoms. The summed E-state index contributed by atoms with van der Waals surface area (Å²) in [5, 5.41) is 6.25. The zero-order valence-corrected chi connectivity index (χ0v) is 12.8. The summed E-state index contributed by atoms with van der Waals surface area (Å²) < 4.78 is 5.63. The van der Waals surface area contributed by atoms with Crippen LogP contribution in [0.4, 0.5) is 0 Å². The fourth-order valence-corrected chi connectivity index (χ4v) is 3.35. The third kappa shape index (κ3) is 2.08. The van der Waals surface area contributed by atoms with E-state index in [2.05, 4.69) is 56.4 Å². The molecular weight excluding hydrogens is 246 g/mol. The Morgan fingerprint density at radius 1 is 1.15 bits per heavy atom. The van der Waals surface area contributed by atoms with Gasteiger partial charge in [0.25, 0.3) is 0 Å². The van der Waals surface area contributed by atoms with E-state index in [-0.39, 0.29) is 5.41 Å². The van der Waals surface area contributed by atoms with Crippen molar-refractivity contribution in [2.75, 3.05) is 13.7 Å². The standard InChI is InChI=1S/C18H23NO/c1-18(2,3)17-15-11-16(20-4)14-8-6-5-7-12(14)13(15)9-10-19-17/h5-8,11,17,19H,9-10H2,1-4H3. The van der Waals surface area contributed by atoms with Gasteiger partial charge in [0.15, 0.2) is 0 Å². The van der Waals surface area contributed by atoms with Gasteiger partial charge >= 0.3 is 0 Å². The van der Waals surface area contributed by atoms with Crippen molar-refractivity contribution in [3.8, 4) is 5.75 Å². The van der Waals surface area contributed by atoms with Crippen molar-refractivity contribution in [2.24, 2.45) is 5.41 Å². The van der Waals surface area contributed by atoms with Gasteiger partial charge < -0.3 is 10.1 Å². The van der Waals surface area contributed by atoms with E-state index >= 15 is 0 Å². The fourth-order valence-electron chi connectivity index (χ4n) is 3.35. The van der Waals surface area contributed by atoms with E-state index in [9.17, 15) is 0 Å². The monoisotopic (exact) mass is 269 g/mol. The van der Waals surface area contributed by atoms with Gasteiger partial charge in [0, 0.05) is 11.4 Å². The lowest BCUT2D eigenvalue weighted by atomic mass is 9.77. The van der Waals surface area contributed by atoms with E-state index in [0.29, 0.717) is 6.04 Å².